The second-order valence-electron chi connectivity index (χ2n) is 5.60. The van der Waals surface area contributed by atoms with Gasteiger partial charge in [-0.05, 0) is 12.1 Å². The summed E-state index contributed by atoms with van der Waals surface area (Å²) in [6, 6.07) is 5.36. The number of rotatable bonds is 6. The first kappa shape index (κ1) is 20.1. The molecule has 0 unspecified atom stereocenters. The van der Waals surface area contributed by atoms with Gasteiger partial charge in [-0.3, -0.25) is 4.79 Å². The van der Waals surface area contributed by atoms with Crippen LogP contribution >= 0.6 is 0 Å². The number of alkyl halides is 3. The topological polar surface area (TPSA) is 125 Å². The number of hydrogen-bond donors (Lipinski definition) is 2. The van der Waals surface area contributed by atoms with Crippen molar-refractivity contribution in [3.8, 4) is 17.0 Å². The standard InChI is InChI=1S/C17H14F3N5O4/c1-27-8-11-10(7-28-25-11)16(26)24-13-6-22-14(15(21)23-13)9-4-2-3-5-12(9)29-17(18,19)20/h2-7H,8H2,1H3,(H3,21,23,24,26). The molecule has 0 spiro atoms. The number of methoxy groups -OCH3 is 1. The Bertz CT molecular complexity index is 1020. The van der Waals surface area contributed by atoms with Crippen molar-refractivity contribution in [3.63, 3.8) is 0 Å². The summed E-state index contributed by atoms with van der Waals surface area (Å²) in [6.45, 7) is 0.0575. The highest BCUT2D eigenvalue weighted by Gasteiger charge is 2.32. The molecule has 29 heavy (non-hydrogen) atoms. The Labute approximate surface area is 161 Å². The number of ether oxygens (including phenoxy) is 2. The first-order chi connectivity index (χ1) is 13.8. The van der Waals surface area contributed by atoms with Gasteiger partial charge in [0.1, 0.15) is 29.0 Å². The van der Waals surface area contributed by atoms with Crippen molar-refractivity contribution in [1.82, 2.24) is 15.1 Å². The van der Waals surface area contributed by atoms with Crippen LogP contribution in [0.2, 0.25) is 0 Å². The molecule has 0 fully saturated rings. The van der Waals surface area contributed by atoms with Crippen LogP contribution < -0.4 is 15.8 Å². The molecule has 1 amide bonds. The number of anilines is 2. The highest BCUT2D eigenvalue weighted by Crippen LogP contribution is 2.35. The Morgan fingerprint density at radius 1 is 1.31 bits per heavy atom. The Morgan fingerprint density at radius 2 is 2.07 bits per heavy atom. The van der Waals surface area contributed by atoms with Crippen molar-refractivity contribution >= 4 is 17.5 Å². The molecule has 0 radical (unpaired) electrons. The molecule has 0 aliphatic rings. The third-order valence-electron chi connectivity index (χ3n) is 3.58. The van der Waals surface area contributed by atoms with E-state index >= 15 is 0 Å². The van der Waals surface area contributed by atoms with Crippen LogP contribution in [0.1, 0.15) is 16.1 Å². The van der Waals surface area contributed by atoms with E-state index in [4.69, 9.17) is 15.0 Å². The van der Waals surface area contributed by atoms with Gasteiger partial charge in [-0.2, -0.15) is 0 Å². The molecule has 3 rings (SSSR count). The Morgan fingerprint density at radius 3 is 2.76 bits per heavy atom. The summed E-state index contributed by atoms with van der Waals surface area (Å²) in [5.74, 6) is -1.30. The second-order valence-corrected chi connectivity index (χ2v) is 5.60. The molecule has 0 saturated carbocycles. The summed E-state index contributed by atoms with van der Waals surface area (Å²) >= 11 is 0. The number of carbonyl (C=O) groups is 1. The minimum Gasteiger partial charge on any atom is -0.405 e. The van der Waals surface area contributed by atoms with E-state index in [0.717, 1.165) is 18.5 Å². The number of halogens is 3. The van der Waals surface area contributed by atoms with Gasteiger partial charge in [-0.1, -0.05) is 17.3 Å². The zero-order chi connectivity index (χ0) is 21.0. The van der Waals surface area contributed by atoms with E-state index in [-0.39, 0.29) is 40.8 Å². The van der Waals surface area contributed by atoms with Crippen molar-refractivity contribution in [2.24, 2.45) is 0 Å². The maximum absolute atomic E-state index is 12.6. The van der Waals surface area contributed by atoms with Crippen LogP contribution in [-0.4, -0.2) is 34.5 Å². The van der Waals surface area contributed by atoms with E-state index in [1.807, 2.05) is 0 Å². The summed E-state index contributed by atoms with van der Waals surface area (Å²) in [5.41, 5.74) is 6.21. The van der Waals surface area contributed by atoms with Gasteiger partial charge in [-0.25, -0.2) is 9.97 Å². The predicted octanol–water partition coefficient (Wildman–Crippen LogP) is 3.01. The van der Waals surface area contributed by atoms with E-state index < -0.39 is 18.0 Å². The van der Waals surface area contributed by atoms with Gasteiger partial charge >= 0.3 is 6.36 Å². The highest BCUT2D eigenvalue weighted by atomic mass is 19.4. The minimum atomic E-state index is -4.88. The number of nitrogen functional groups attached to an aromatic ring is 1. The largest absolute Gasteiger partial charge is 0.573 e. The fraction of sp³-hybridized carbons (Fsp3) is 0.176. The lowest BCUT2D eigenvalue weighted by Gasteiger charge is -2.14. The maximum atomic E-state index is 12.6. The lowest BCUT2D eigenvalue weighted by Crippen LogP contribution is -2.18. The molecule has 0 aliphatic carbocycles. The Balaban J connectivity index is 1.85. The van der Waals surface area contributed by atoms with Gasteiger partial charge in [0.05, 0.1) is 12.8 Å². The third kappa shape index (κ3) is 4.79. The molecule has 2 heterocycles. The zero-order valence-corrected chi connectivity index (χ0v) is 14.9. The molecular formula is C17H14F3N5O4. The molecule has 9 nitrogen and oxygen atoms in total. The molecule has 3 aromatic rings. The van der Waals surface area contributed by atoms with Crippen molar-refractivity contribution in [2.45, 2.75) is 13.0 Å². The van der Waals surface area contributed by atoms with Gasteiger partial charge in [0.15, 0.2) is 11.6 Å². The Hall–Kier alpha value is -3.67. The second kappa shape index (κ2) is 8.14. The van der Waals surface area contributed by atoms with Gasteiger partial charge in [0.2, 0.25) is 0 Å². The number of nitrogens with two attached hydrogens (primary N) is 1. The van der Waals surface area contributed by atoms with Crippen LogP contribution in [0.3, 0.4) is 0 Å². The van der Waals surface area contributed by atoms with Crippen molar-refractivity contribution in [3.05, 3.63) is 48.0 Å². The fourth-order valence-corrected chi connectivity index (χ4v) is 2.42. The smallest absolute Gasteiger partial charge is 0.405 e. The molecule has 12 heteroatoms. The first-order valence-corrected chi connectivity index (χ1v) is 7.99. The number of amides is 1. The monoisotopic (exact) mass is 409 g/mol. The zero-order valence-electron chi connectivity index (χ0n) is 14.9. The average Bonchev–Trinajstić information content (AvgIpc) is 3.10. The lowest BCUT2D eigenvalue weighted by molar-refractivity contribution is -0.274. The van der Waals surface area contributed by atoms with E-state index in [9.17, 15) is 18.0 Å². The number of hydrogen-bond acceptors (Lipinski definition) is 8. The third-order valence-corrected chi connectivity index (χ3v) is 3.58. The molecule has 0 aliphatic heterocycles. The number of benzene rings is 1. The van der Waals surface area contributed by atoms with Gasteiger partial charge in [-0.15, -0.1) is 13.2 Å². The van der Waals surface area contributed by atoms with Crippen molar-refractivity contribution in [2.75, 3.05) is 18.2 Å². The number of para-hydroxylation sites is 1. The maximum Gasteiger partial charge on any atom is 0.573 e. The number of aromatic nitrogens is 3. The van der Waals surface area contributed by atoms with Crippen LogP contribution in [-0.2, 0) is 11.3 Å². The lowest BCUT2D eigenvalue weighted by atomic mass is 10.1. The molecule has 0 bridgehead atoms. The van der Waals surface area contributed by atoms with E-state index in [1.54, 1.807) is 0 Å². The van der Waals surface area contributed by atoms with Crippen LogP contribution in [0.5, 0.6) is 5.75 Å². The number of nitrogens with zero attached hydrogens (tertiary/aromatic N) is 3. The predicted molar refractivity (Wildman–Crippen MR) is 93.7 cm³/mol. The molecular weight excluding hydrogens is 395 g/mol. The average molecular weight is 409 g/mol. The van der Waals surface area contributed by atoms with Crippen LogP contribution in [0, 0.1) is 0 Å². The number of carbonyl (C=O) groups excluding carboxylic acids is 1. The molecule has 152 valence electrons. The molecule has 0 saturated heterocycles. The normalized spacial score (nSPS) is 11.3. The summed E-state index contributed by atoms with van der Waals surface area (Å²) in [7, 11) is 1.43. The fourth-order valence-electron chi connectivity index (χ4n) is 2.42. The van der Waals surface area contributed by atoms with Gasteiger partial charge < -0.3 is 25.0 Å². The van der Waals surface area contributed by atoms with E-state index in [1.165, 1.54) is 25.3 Å². The number of nitrogens with one attached hydrogen (secondary N) is 1. The molecule has 1 aromatic carbocycles. The Kier molecular flexibility index (Phi) is 5.64. The van der Waals surface area contributed by atoms with E-state index in [2.05, 4.69) is 25.2 Å². The summed E-state index contributed by atoms with van der Waals surface area (Å²) in [4.78, 5) is 20.3. The SMILES string of the molecule is COCc1nocc1C(=O)Nc1cnc(-c2ccccc2OC(F)(F)F)c(N)n1. The van der Waals surface area contributed by atoms with Gasteiger partial charge in [0.25, 0.3) is 5.91 Å². The quantitative estimate of drug-likeness (QED) is 0.636. The van der Waals surface area contributed by atoms with Gasteiger partial charge in [0, 0.05) is 12.7 Å². The van der Waals surface area contributed by atoms with Crippen molar-refractivity contribution in [1.29, 1.82) is 0 Å². The summed E-state index contributed by atoms with van der Waals surface area (Å²) < 4.78 is 51.5. The minimum absolute atomic E-state index is 0.00545. The highest BCUT2D eigenvalue weighted by molar-refractivity contribution is 6.04. The molecule has 3 N–H and O–H groups in total. The molecule has 0 atom stereocenters. The summed E-state index contributed by atoms with van der Waals surface area (Å²) in [6.07, 6.45) is -2.60. The van der Waals surface area contributed by atoms with Crippen molar-refractivity contribution < 1.29 is 32.0 Å². The van der Waals surface area contributed by atoms with Crippen LogP contribution in [0.4, 0.5) is 24.8 Å². The van der Waals surface area contributed by atoms with E-state index in [0.29, 0.717) is 0 Å². The van der Waals surface area contributed by atoms with Crippen LogP contribution in [0.25, 0.3) is 11.3 Å². The first-order valence-electron chi connectivity index (χ1n) is 7.99. The summed E-state index contributed by atoms with van der Waals surface area (Å²) in [5, 5.41) is 6.11. The molecule has 2 aromatic heterocycles. The van der Waals surface area contributed by atoms with Crippen LogP contribution in [0.15, 0.2) is 41.2 Å².